The largest absolute Gasteiger partial charge is 0.376 e. The zero-order chi connectivity index (χ0) is 18.6. The number of amides is 1. The van der Waals surface area contributed by atoms with Crippen LogP contribution in [0.25, 0.3) is 11.1 Å². The number of hydrogen-bond donors (Lipinski definition) is 2. The fraction of sp³-hybridized carbons (Fsp3) is 0.409. The fourth-order valence-electron chi connectivity index (χ4n) is 3.70. The van der Waals surface area contributed by atoms with E-state index in [1.807, 2.05) is 42.5 Å². The summed E-state index contributed by atoms with van der Waals surface area (Å²) in [5.74, 6) is 0.441. The Labute approximate surface area is 159 Å². The van der Waals surface area contributed by atoms with Crippen LogP contribution in [0.4, 0.5) is 0 Å². The molecule has 0 spiro atoms. The van der Waals surface area contributed by atoms with Crippen LogP contribution in [0.2, 0.25) is 0 Å². The lowest BCUT2D eigenvalue weighted by atomic mass is 9.98. The third-order valence-electron chi connectivity index (χ3n) is 5.37. The van der Waals surface area contributed by atoms with Gasteiger partial charge >= 0.3 is 0 Å². The lowest BCUT2D eigenvalue weighted by Gasteiger charge is -2.31. The van der Waals surface area contributed by atoms with Crippen LogP contribution in [-0.4, -0.2) is 37.9 Å². The molecule has 3 N–H and O–H groups in total. The summed E-state index contributed by atoms with van der Waals surface area (Å²) in [7, 11) is 0. The third kappa shape index (κ3) is 4.21. The van der Waals surface area contributed by atoms with Gasteiger partial charge in [-0.1, -0.05) is 36.4 Å². The van der Waals surface area contributed by atoms with Gasteiger partial charge in [-0.2, -0.15) is 0 Å². The molecule has 27 heavy (non-hydrogen) atoms. The van der Waals surface area contributed by atoms with Crippen molar-refractivity contribution < 1.29 is 14.3 Å². The predicted molar refractivity (Wildman–Crippen MR) is 104 cm³/mol. The van der Waals surface area contributed by atoms with Gasteiger partial charge in [0.15, 0.2) is 0 Å². The molecule has 2 aliphatic rings. The standard InChI is InChI=1S/C22H26N2O3/c23-13-18-3-1-2-4-19(18)15-5-9-17(10-6-15)22(25)24-21(16-7-8-16)20-14-26-11-12-27-20/h1-6,9-10,16,20-21H,7-8,11-14,23H2,(H,24,25). The van der Waals surface area contributed by atoms with E-state index in [-0.39, 0.29) is 18.1 Å². The Hall–Kier alpha value is -2.21. The number of carbonyl (C=O) groups is 1. The summed E-state index contributed by atoms with van der Waals surface area (Å²) >= 11 is 0. The van der Waals surface area contributed by atoms with Crippen molar-refractivity contribution in [2.45, 2.75) is 31.5 Å². The van der Waals surface area contributed by atoms with Crippen molar-refractivity contribution in [3.05, 3.63) is 59.7 Å². The third-order valence-corrected chi connectivity index (χ3v) is 5.37. The Morgan fingerprint density at radius 2 is 1.89 bits per heavy atom. The van der Waals surface area contributed by atoms with E-state index in [2.05, 4.69) is 11.4 Å². The first kappa shape index (κ1) is 18.2. The molecule has 0 radical (unpaired) electrons. The Morgan fingerprint density at radius 1 is 1.11 bits per heavy atom. The minimum atomic E-state index is -0.0558. The lowest BCUT2D eigenvalue weighted by Crippen LogP contribution is -2.50. The highest BCUT2D eigenvalue weighted by Crippen LogP contribution is 2.35. The Bertz CT molecular complexity index is 780. The maximum absolute atomic E-state index is 12.8. The number of nitrogens with one attached hydrogen (secondary N) is 1. The second-order valence-corrected chi connectivity index (χ2v) is 7.26. The summed E-state index contributed by atoms with van der Waals surface area (Å²) in [6.07, 6.45) is 2.23. The van der Waals surface area contributed by atoms with E-state index in [1.165, 1.54) is 0 Å². The van der Waals surface area contributed by atoms with E-state index in [4.69, 9.17) is 15.2 Å². The van der Waals surface area contributed by atoms with Gasteiger partial charge in [-0.05, 0) is 47.6 Å². The highest BCUT2D eigenvalue weighted by Gasteiger charge is 2.39. The highest BCUT2D eigenvalue weighted by molar-refractivity contribution is 5.95. The van der Waals surface area contributed by atoms with Crippen molar-refractivity contribution in [1.82, 2.24) is 5.32 Å². The molecular weight excluding hydrogens is 340 g/mol. The number of benzene rings is 2. The van der Waals surface area contributed by atoms with Crippen LogP contribution in [0.3, 0.4) is 0 Å². The average molecular weight is 366 g/mol. The zero-order valence-electron chi connectivity index (χ0n) is 15.4. The second kappa shape index (κ2) is 8.21. The van der Waals surface area contributed by atoms with Crippen LogP contribution in [0.5, 0.6) is 0 Å². The molecule has 2 atom stereocenters. The van der Waals surface area contributed by atoms with E-state index in [9.17, 15) is 4.79 Å². The molecule has 5 heteroatoms. The van der Waals surface area contributed by atoms with Crippen LogP contribution >= 0.6 is 0 Å². The zero-order valence-corrected chi connectivity index (χ0v) is 15.4. The number of ether oxygens (including phenoxy) is 2. The molecule has 4 rings (SSSR count). The minimum absolute atomic E-state index is 0.0236. The van der Waals surface area contributed by atoms with Gasteiger partial charge in [0.1, 0.15) is 6.10 Å². The average Bonchev–Trinajstić information content (AvgIpc) is 3.58. The van der Waals surface area contributed by atoms with Gasteiger partial charge in [0.25, 0.3) is 5.91 Å². The van der Waals surface area contributed by atoms with Crippen LogP contribution in [0.1, 0.15) is 28.8 Å². The maximum Gasteiger partial charge on any atom is 0.251 e. The number of rotatable bonds is 6. The number of nitrogens with two attached hydrogens (primary N) is 1. The van der Waals surface area contributed by atoms with Crippen molar-refractivity contribution >= 4 is 5.91 Å². The van der Waals surface area contributed by atoms with Crippen molar-refractivity contribution in [2.24, 2.45) is 11.7 Å². The van der Waals surface area contributed by atoms with Gasteiger partial charge in [-0.15, -0.1) is 0 Å². The van der Waals surface area contributed by atoms with Gasteiger partial charge in [-0.25, -0.2) is 0 Å². The summed E-state index contributed by atoms with van der Waals surface area (Å²) in [6, 6.07) is 15.8. The number of carbonyl (C=O) groups excluding carboxylic acids is 1. The molecule has 2 fully saturated rings. The first-order valence-corrected chi connectivity index (χ1v) is 9.65. The smallest absolute Gasteiger partial charge is 0.251 e. The van der Waals surface area contributed by atoms with E-state index in [0.29, 0.717) is 37.8 Å². The van der Waals surface area contributed by atoms with E-state index in [1.54, 1.807) is 0 Å². The maximum atomic E-state index is 12.8. The van der Waals surface area contributed by atoms with Gasteiger partial charge in [0.2, 0.25) is 0 Å². The summed E-state index contributed by atoms with van der Waals surface area (Å²) in [5, 5.41) is 3.18. The molecule has 1 aliphatic heterocycles. The van der Waals surface area contributed by atoms with Crippen molar-refractivity contribution in [3.63, 3.8) is 0 Å². The summed E-state index contributed by atoms with van der Waals surface area (Å²) in [6.45, 7) is 2.27. The SMILES string of the molecule is NCc1ccccc1-c1ccc(C(=O)NC(C2CC2)C2COCCO2)cc1. The highest BCUT2D eigenvalue weighted by atomic mass is 16.6. The number of hydrogen-bond acceptors (Lipinski definition) is 4. The summed E-state index contributed by atoms with van der Waals surface area (Å²) in [4.78, 5) is 12.8. The van der Waals surface area contributed by atoms with Crippen molar-refractivity contribution in [3.8, 4) is 11.1 Å². The molecule has 1 saturated heterocycles. The minimum Gasteiger partial charge on any atom is -0.376 e. The van der Waals surface area contributed by atoms with Gasteiger partial charge in [0, 0.05) is 12.1 Å². The first-order chi connectivity index (χ1) is 13.3. The van der Waals surface area contributed by atoms with Crippen LogP contribution in [0, 0.1) is 5.92 Å². The molecule has 0 bridgehead atoms. The monoisotopic (exact) mass is 366 g/mol. The molecule has 2 aromatic carbocycles. The van der Waals surface area contributed by atoms with E-state index >= 15 is 0 Å². The fourth-order valence-corrected chi connectivity index (χ4v) is 3.70. The van der Waals surface area contributed by atoms with Gasteiger partial charge in [0.05, 0.1) is 25.9 Å². The van der Waals surface area contributed by atoms with E-state index in [0.717, 1.165) is 29.5 Å². The summed E-state index contributed by atoms with van der Waals surface area (Å²) < 4.78 is 11.4. The Morgan fingerprint density at radius 3 is 2.56 bits per heavy atom. The van der Waals surface area contributed by atoms with Crippen LogP contribution in [0.15, 0.2) is 48.5 Å². The summed E-state index contributed by atoms with van der Waals surface area (Å²) in [5.41, 5.74) is 9.77. The molecular formula is C22H26N2O3. The van der Waals surface area contributed by atoms with Crippen LogP contribution in [-0.2, 0) is 16.0 Å². The molecule has 142 valence electrons. The molecule has 1 saturated carbocycles. The molecule has 0 aromatic heterocycles. The molecule has 1 heterocycles. The van der Waals surface area contributed by atoms with Crippen molar-refractivity contribution in [2.75, 3.05) is 19.8 Å². The van der Waals surface area contributed by atoms with Gasteiger partial charge < -0.3 is 20.5 Å². The molecule has 2 unspecified atom stereocenters. The van der Waals surface area contributed by atoms with Crippen molar-refractivity contribution in [1.29, 1.82) is 0 Å². The Kier molecular flexibility index (Phi) is 5.53. The van der Waals surface area contributed by atoms with E-state index < -0.39 is 0 Å². The lowest BCUT2D eigenvalue weighted by molar-refractivity contribution is -0.103. The first-order valence-electron chi connectivity index (χ1n) is 9.65. The molecule has 1 amide bonds. The topological polar surface area (TPSA) is 73.6 Å². The normalized spacial score (nSPS) is 20.9. The van der Waals surface area contributed by atoms with Crippen LogP contribution < -0.4 is 11.1 Å². The van der Waals surface area contributed by atoms with Gasteiger partial charge in [-0.3, -0.25) is 4.79 Å². The molecule has 2 aromatic rings. The molecule has 5 nitrogen and oxygen atoms in total. The predicted octanol–water partition coefficient (Wildman–Crippen LogP) is 2.74. The second-order valence-electron chi connectivity index (χ2n) is 7.26. The molecule has 1 aliphatic carbocycles. The quantitative estimate of drug-likeness (QED) is 0.824. The Balaban J connectivity index is 1.47.